The summed E-state index contributed by atoms with van der Waals surface area (Å²) >= 11 is 0. The highest BCUT2D eigenvalue weighted by Gasteiger charge is 2.23. The Labute approximate surface area is 99.5 Å². The third-order valence-electron chi connectivity index (χ3n) is 3.09. The Kier molecular flexibility index (Phi) is 3.80. The van der Waals surface area contributed by atoms with E-state index in [2.05, 4.69) is 39.8 Å². The van der Waals surface area contributed by atoms with Crippen LogP contribution in [0.2, 0.25) is 0 Å². The summed E-state index contributed by atoms with van der Waals surface area (Å²) < 4.78 is 0. The maximum absolute atomic E-state index is 10.4. The minimum absolute atomic E-state index is 0.137. The number of benzene rings is 1. The van der Waals surface area contributed by atoms with E-state index in [0.29, 0.717) is 0 Å². The molecule has 0 saturated heterocycles. The summed E-state index contributed by atoms with van der Waals surface area (Å²) in [7, 11) is 0. The van der Waals surface area contributed by atoms with Gasteiger partial charge in [-0.3, -0.25) is 0 Å². The Hall–Kier alpha value is -0.820. The van der Waals surface area contributed by atoms with Crippen LogP contribution < -0.4 is 0 Å². The van der Waals surface area contributed by atoms with Crippen molar-refractivity contribution in [2.75, 3.05) is 0 Å². The average molecular weight is 220 g/mol. The molecule has 1 heteroatoms. The van der Waals surface area contributed by atoms with Gasteiger partial charge in [-0.15, -0.1) is 0 Å². The largest absolute Gasteiger partial charge is 0.385 e. The van der Waals surface area contributed by atoms with Crippen LogP contribution >= 0.6 is 0 Å². The van der Waals surface area contributed by atoms with Crippen LogP contribution in [0.3, 0.4) is 0 Å². The summed E-state index contributed by atoms with van der Waals surface area (Å²) in [4.78, 5) is 0. The van der Waals surface area contributed by atoms with Crippen LogP contribution in [0.5, 0.6) is 0 Å². The lowest BCUT2D eigenvalue weighted by atomic mass is 9.83. The molecule has 0 bridgehead atoms. The van der Waals surface area contributed by atoms with Gasteiger partial charge in [0.15, 0.2) is 0 Å². The molecule has 1 atom stereocenters. The smallest absolute Gasteiger partial charge is 0.0868 e. The van der Waals surface area contributed by atoms with Crippen LogP contribution in [-0.2, 0) is 11.0 Å². The zero-order chi connectivity index (χ0) is 12.4. The fraction of sp³-hybridized carbons (Fsp3) is 0.600. The number of hydrogen-bond acceptors (Lipinski definition) is 1. The second-order valence-electron chi connectivity index (χ2n) is 5.85. The molecule has 0 spiro atoms. The molecular weight excluding hydrogens is 196 g/mol. The van der Waals surface area contributed by atoms with Gasteiger partial charge in [0, 0.05) is 0 Å². The van der Waals surface area contributed by atoms with Gasteiger partial charge in [-0.2, -0.15) is 0 Å². The molecule has 16 heavy (non-hydrogen) atoms. The lowest BCUT2D eigenvalue weighted by Crippen LogP contribution is -2.22. The van der Waals surface area contributed by atoms with Gasteiger partial charge < -0.3 is 5.11 Å². The summed E-state index contributed by atoms with van der Waals surface area (Å²) in [6.07, 6.45) is 1.80. The molecule has 0 aliphatic rings. The summed E-state index contributed by atoms with van der Waals surface area (Å²) in [5.74, 6) is 0. The van der Waals surface area contributed by atoms with Crippen molar-refractivity contribution < 1.29 is 5.11 Å². The van der Waals surface area contributed by atoms with Crippen LogP contribution in [-0.4, -0.2) is 5.11 Å². The fourth-order valence-corrected chi connectivity index (χ4v) is 1.95. The lowest BCUT2D eigenvalue weighted by Gasteiger charge is -2.26. The highest BCUT2D eigenvalue weighted by molar-refractivity contribution is 5.31. The van der Waals surface area contributed by atoms with Gasteiger partial charge in [-0.1, -0.05) is 58.4 Å². The van der Waals surface area contributed by atoms with E-state index in [-0.39, 0.29) is 5.41 Å². The topological polar surface area (TPSA) is 20.2 Å². The number of hydrogen-bond donors (Lipinski definition) is 1. The van der Waals surface area contributed by atoms with Crippen molar-refractivity contribution in [2.24, 2.45) is 0 Å². The summed E-state index contributed by atoms with van der Waals surface area (Å²) in [5.41, 5.74) is 1.75. The number of rotatable bonds is 3. The first kappa shape index (κ1) is 13.2. The molecule has 1 nitrogen and oxygen atoms in total. The molecule has 0 saturated carbocycles. The Bertz CT molecular complexity index is 345. The van der Waals surface area contributed by atoms with E-state index in [9.17, 15) is 5.11 Å². The van der Waals surface area contributed by atoms with Gasteiger partial charge in [0.05, 0.1) is 5.60 Å². The second-order valence-corrected chi connectivity index (χ2v) is 5.85. The van der Waals surface area contributed by atoms with E-state index < -0.39 is 5.60 Å². The summed E-state index contributed by atoms with van der Waals surface area (Å²) in [6.45, 7) is 10.6. The van der Waals surface area contributed by atoms with Crippen LogP contribution in [0.4, 0.5) is 0 Å². The van der Waals surface area contributed by atoms with Crippen molar-refractivity contribution in [1.82, 2.24) is 0 Å². The predicted octanol–water partition coefficient (Wildman–Crippen LogP) is 3.99. The maximum Gasteiger partial charge on any atom is 0.0868 e. The van der Waals surface area contributed by atoms with Crippen molar-refractivity contribution in [3.8, 4) is 0 Å². The van der Waals surface area contributed by atoms with Crippen molar-refractivity contribution in [3.05, 3.63) is 35.4 Å². The molecule has 0 aromatic heterocycles. The second kappa shape index (κ2) is 4.58. The number of aliphatic hydroxyl groups is 1. The van der Waals surface area contributed by atoms with Crippen molar-refractivity contribution in [3.63, 3.8) is 0 Å². The fourth-order valence-electron chi connectivity index (χ4n) is 1.95. The SMILES string of the molecule is CCCC(C)(O)c1cccc(C(C)(C)C)c1. The summed E-state index contributed by atoms with van der Waals surface area (Å²) in [6, 6.07) is 8.33. The first-order valence-electron chi connectivity index (χ1n) is 6.11. The summed E-state index contributed by atoms with van der Waals surface area (Å²) in [5, 5.41) is 10.4. The van der Waals surface area contributed by atoms with E-state index in [1.165, 1.54) is 5.56 Å². The first-order valence-corrected chi connectivity index (χ1v) is 6.11. The quantitative estimate of drug-likeness (QED) is 0.816. The standard InChI is InChI=1S/C15H24O/c1-6-10-15(5,16)13-9-7-8-12(11-13)14(2,3)4/h7-9,11,16H,6,10H2,1-5H3. The lowest BCUT2D eigenvalue weighted by molar-refractivity contribution is 0.0468. The van der Waals surface area contributed by atoms with E-state index in [0.717, 1.165) is 18.4 Å². The minimum atomic E-state index is -0.698. The van der Waals surface area contributed by atoms with E-state index in [4.69, 9.17) is 0 Å². The van der Waals surface area contributed by atoms with Crippen LogP contribution in [0.15, 0.2) is 24.3 Å². The van der Waals surface area contributed by atoms with Gasteiger partial charge in [-0.25, -0.2) is 0 Å². The predicted molar refractivity (Wildman–Crippen MR) is 69.6 cm³/mol. The Morgan fingerprint density at radius 1 is 1.06 bits per heavy atom. The zero-order valence-electron chi connectivity index (χ0n) is 11.2. The van der Waals surface area contributed by atoms with E-state index >= 15 is 0 Å². The van der Waals surface area contributed by atoms with Gasteiger partial charge in [0.2, 0.25) is 0 Å². The molecular formula is C15H24O. The molecule has 0 aliphatic carbocycles. The van der Waals surface area contributed by atoms with Crippen molar-refractivity contribution in [2.45, 2.75) is 58.5 Å². The molecule has 0 heterocycles. The van der Waals surface area contributed by atoms with Crippen LogP contribution in [0.1, 0.15) is 58.6 Å². The monoisotopic (exact) mass is 220 g/mol. The molecule has 1 rings (SSSR count). The minimum Gasteiger partial charge on any atom is -0.385 e. The van der Waals surface area contributed by atoms with Gasteiger partial charge in [0.25, 0.3) is 0 Å². The normalized spacial score (nSPS) is 15.9. The highest BCUT2D eigenvalue weighted by atomic mass is 16.3. The van der Waals surface area contributed by atoms with Crippen LogP contribution in [0, 0.1) is 0 Å². The molecule has 0 amide bonds. The maximum atomic E-state index is 10.4. The Morgan fingerprint density at radius 3 is 2.12 bits per heavy atom. The average Bonchev–Trinajstić information content (AvgIpc) is 2.16. The van der Waals surface area contributed by atoms with Crippen molar-refractivity contribution in [1.29, 1.82) is 0 Å². The van der Waals surface area contributed by atoms with E-state index in [1.807, 2.05) is 19.1 Å². The Balaban J connectivity index is 3.08. The highest BCUT2D eigenvalue weighted by Crippen LogP contribution is 2.30. The van der Waals surface area contributed by atoms with Gasteiger partial charge >= 0.3 is 0 Å². The van der Waals surface area contributed by atoms with E-state index in [1.54, 1.807) is 0 Å². The zero-order valence-corrected chi connectivity index (χ0v) is 11.2. The van der Waals surface area contributed by atoms with Gasteiger partial charge in [-0.05, 0) is 29.9 Å². The van der Waals surface area contributed by atoms with Crippen LogP contribution in [0.25, 0.3) is 0 Å². The molecule has 0 fully saturated rings. The molecule has 0 radical (unpaired) electrons. The Morgan fingerprint density at radius 2 is 1.62 bits per heavy atom. The molecule has 90 valence electrons. The third-order valence-corrected chi connectivity index (χ3v) is 3.09. The molecule has 1 unspecified atom stereocenters. The third kappa shape index (κ3) is 3.08. The molecule has 0 aliphatic heterocycles. The molecule has 1 aromatic rings. The molecule has 1 N–H and O–H groups in total. The first-order chi connectivity index (χ1) is 7.27. The van der Waals surface area contributed by atoms with Crippen molar-refractivity contribution >= 4 is 0 Å². The molecule has 1 aromatic carbocycles. The van der Waals surface area contributed by atoms with Gasteiger partial charge in [0.1, 0.15) is 0 Å².